The van der Waals surface area contributed by atoms with Gasteiger partial charge < -0.3 is 9.64 Å². The summed E-state index contributed by atoms with van der Waals surface area (Å²) in [6, 6.07) is 13.0. The van der Waals surface area contributed by atoms with Gasteiger partial charge in [0.25, 0.3) is 0 Å². The quantitative estimate of drug-likeness (QED) is 0.512. The van der Waals surface area contributed by atoms with Crippen molar-refractivity contribution in [3.8, 4) is 0 Å². The number of aryl methyl sites for hydroxylation is 1. The molecule has 35 heavy (non-hydrogen) atoms. The topological polar surface area (TPSA) is 49.9 Å². The minimum absolute atomic E-state index is 0.0895. The summed E-state index contributed by atoms with van der Waals surface area (Å²) >= 11 is 6.44. The first-order valence-corrected chi connectivity index (χ1v) is 12.9. The fraction of sp³-hybridized carbons (Fsp3) is 0.500. The number of ether oxygens (including phenoxy) is 1. The van der Waals surface area contributed by atoms with Gasteiger partial charge in [0, 0.05) is 37.7 Å². The maximum Gasteiger partial charge on any atom is 0.310 e. The Morgan fingerprint density at radius 1 is 1.11 bits per heavy atom. The van der Waals surface area contributed by atoms with E-state index in [1.54, 1.807) is 13.8 Å². The van der Waals surface area contributed by atoms with E-state index < -0.39 is 0 Å². The third kappa shape index (κ3) is 6.22. The van der Waals surface area contributed by atoms with Crippen LogP contribution in [-0.4, -0.2) is 54.5 Å². The van der Waals surface area contributed by atoms with Crippen molar-refractivity contribution < 1.29 is 18.7 Å². The highest BCUT2D eigenvalue weighted by Gasteiger charge is 2.37. The van der Waals surface area contributed by atoms with E-state index in [1.165, 1.54) is 6.07 Å². The van der Waals surface area contributed by atoms with Crippen LogP contribution in [0.4, 0.5) is 4.39 Å². The third-order valence-corrected chi connectivity index (χ3v) is 7.60. The fourth-order valence-electron chi connectivity index (χ4n) is 5.42. The molecule has 0 spiro atoms. The van der Waals surface area contributed by atoms with Gasteiger partial charge in [-0.05, 0) is 67.9 Å². The summed E-state index contributed by atoms with van der Waals surface area (Å²) in [6.07, 6.45) is 2.25. The van der Waals surface area contributed by atoms with Gasteiger partial charge in [-0.1, -0.05) is 41.9 Å². The third-order valence-electron chi connectivity index (χ3n) is 7.23. The van der Waals surface area contributed by atoms with Crippen LogP contribution in [0.15, 0.2) is 42.5 Å². The Balaban J connectivity index is 1.54. The Morgan fingerprint density at radius 2 is 1.91 bits per heavy atom. The van der Waals surface area contributed by atoms with E-state index in [2.05, 4.69) is 4.90 Å². The number of nitrogens with zero attached hydrogens (tertiary/aromatic N) is 2. The Kier molecular flexibility index (Phi) is 8.45. The van der Waals surface area contributed by atoms with Crippen LogP contribution >= 0.6 is 11.6 Å². The van der Waals surface area contributed by atoms with Crippen LogP contribution in [0.3, 0.4) is 0 Å². The smallest absolute Gasteiger partial charge is 0.310 e. The summed E-state index contributed by atoms with van der Waals surface area (Å²) in [5, 5.41) is 0.712. The van der Waals surface area contributed by atoms with Crippen molar-refractivity contribution in [3.63, 3.8) is 0 Å². The Hall–Kier alpha value is -2.44. The molecule has 2 saturated heterocycles. The predicted molar refractivity (Wildman–Crippen MR) is 135 cm³/mol. The normalized spacial score (nSPS) is 23.2. The van der Waals surface area contributed by atoms with E-state index in [0.29, 0.717) is 49.8 Å². The van der Waals surface area contributed by atoms with Gasteiger partial charge >= 0.3 is 5.97 Å². The Bertz CT molecular complexity index is 1060. The second-order valence-electron chi connectivity index (χ2n) is 9.80. The minimum atomic E-state index is -0.258. The number of likely N-dealkylation sites (tertiary alicyclic amines) is 2. The van der Waals surface area contributed by atoms with Crippen LogP contribution in [0, 0.1) is 24.6 Å². The lowest BCUT2D eigenvalue weighted by molar-refractivity contribution is -0.152. The molecule has 2 aliphatic rings. The average molecular weight is 501 g/mol. The number of benzene rings is 2. The van der Waals surface area contributed by atoms with E-state index in [4.69, 9.17) is 16.3 Å². The molecule has 0 bridgehead atoms. The lowest BCUT2D eigenvalue weighted by Gasteiger charge is -2.41. The van der Waals surface area contributed by atoms with E-state index in [0.717, 1.165) is 30.5 Å². The minimum Gasteiger partial charge on any atom is -0.466 e. The number of carbonyl (C=O) groups is 2. The number of hydrogen-bond acceptors (Lipinski definition) is 4. The summed E-state index contributed by atoms with van der Waals surface area (Å²) in [5.74, 6) is -0.706. The van der Waals surface area contributed by atoms with Crippen molar-refractivity contribution >= 4 is 23.5 Å². The molecule has 2 heterocycles. The summed E-state index contributed by atoms with van der Waals surface area (Å²) in [6.45, 7) is 7.04. The molecule has 0 radical (unpaired) electrons. The molecule has 0 unspecified atom stereocenters. The van der Waals surface area contributed by atoms with E-state index in [9.17, 15) is 14.0 Å². The number of halogens is 2. The molecule has 0 saturated carbocycles. The number of esters is 1. The molecule has 7 heteroatoms. The summed E-state index contributed by atoms with van der Waals surface area (Å²) < 4.78 is 19.2. The molecule has 0 aromatic heterocycles. The number of amides is 1. The van der Waals surface area contributed by atoms with Gasteiger partial charge in [0.1, 0.15) is 5.82 Å². The van der Waals surface area contributed by atoms with Crippen molar-refractivity contribution in [1.29, 1.82) is 0 Å². The number of carbonyl (C=O) groups excluding carboxylic acids is 2. The monoisotopic (exact) mass is 500 g/mol. The maximum atomic E-state index is 14.0. The van der Waals surface area contributed by atoms with Gasteiger partial charge in [-0.2, -0.15) is 0 Å². The molecule has 5 nitrogen and oxygen atoms in total. The molecule has 2 aliphatic heterocycles. The van der Waals surface area contributed by atoms with Gasteiger partial charge in [-0.15, -0.1) is 0 Å². The molecule has 0 N–H and O–H groups in total. The molecule has 4 rings (SSSR count). The molecule has 2 aromatic carbocycles. The maximum absolute atomic E-state index is 14.0. The first-order valence-electron chi connectivity index (χ1n) is 12.5. The molecule has 188 valence electrons. The van der Waals surface area contributed by atoms with Crippen molar-refractivity contribution in [3.05, 3.63) is 70.0 Å². The van der Waals surface area contributed by atoms with Crippen LogP contribution in [0.1, 0.15) is 48.8 Å². The fourth-order valence-corrected chi connectivity index (χ4v) is 5.61. The molecule has 0 aliphatic carbocycles. The summed E-state index contributed by atoms with van der Waals surface area (Å²) in [4.78, 5) is 30.1. The second-order valence-corrected chi connectivity index (χ2v) is 10.2. The van der Waals surface area contributed by atoms with Gasteiger partial charge in [-0.3, -0.25) is 14.5 Å². The SMILES string of the molecule is CCOC(=O)[C@@H]1CCCN(C(=O)[C@@H]2C[C@@H](c3ccc(F)c(C)c3)CN(Cc3ccccc3Cl)C2)C1. The average Bonchev–Trinajstić information content (AvgIpc) is 2.86. The first kappa shape index (κ1) is 25.6. The highest BCUT2D eigenvalue weighted by molar-refractivity contribution is 6.31. The molecular formula is C28H34ClFN2O3. The van der Waals surface area contributed by atoms with Crippen LogP contribution in [0.5, 0.6) is 0 Å². The molecule has 2 aromatic rings. The zero-order valence-electron chi connectivity index (χ0n) is 20.5. The highest BCUT2D eigenvalue weighted by atomic mass is 35.5. The zero-order valence-corrected chi connectivity index (χ0v) is 21.3. The van der Waals surface area contributed by atoms with Crippen molar-refractivity contribution in [2.24, 2.45) is 11.8 Å². The Labute approximate surface area is 212 Å². The lowest BCUT2D eigenvalue weighted by atomic mass is 9.82. The summed E-state index contributed by atoms with van der Waals surface area (Å²) in [5.41, 5.74) is 2.69. The summed E-state index contributed by atoms with van der Waals surface area (Å²) in [7, 11) is 0. The highest BCUT2D eigenvalue weighted by Crippen LogP contribution is 2.34. The lowest BCUT2D eigenvalue weighted by Crippen LogP contribution is -2.50. The predicted octanol–water partition coefficient (Wildman–Crippen LogP) is 5.19. The first-order chi connectivity index (χ1) is 16.9. The van der Waals surface area contributed by atoms with E-state index >= 15 is 0 Å². The van der Waals surface area contributed by atoms with Crippen molar-refractivity contribution in [2.75, 3.05) is 32.8 Å². The largest absolute Gasteiger partial charge is 0.466 e. The second kappa shape index (κ2) is 11.5. The molecule has 1 amide bonds. The zero-order chi connectivity index (χ0) is 24.9. The van der Waals surface area contributed by atoms with E-state index in [-0.39, 0.29) is 35.4 Å². The van der Waals surface area contributed by atoms with Crippen LogP contribution in [-0.2, 0) is 20.9 Å². The standard InChI is InChI=1S/C28H34ClFN2O3/c1-3-35-28(34)22-8-6-12-32(18-22)27(33)24-14-23(20-10-11-26(30)19(2)13-20)16-31(17-24)15-21-7-4-5-9-25(21)29/h4-5,7,9-11,13,22-24H,3,6,8,12,14-18H2,1-2H3/t22-,23-,24-/m1/s1. The number of piperidine rings is 2. The van der Waals surface area contributed by atoms with Crippen molar-refractivity contribution in [2.45, 2.75) is 45.6 Å². The van der Waals surface area contributed by atoms with Gasteiger partial charge in [0.15, 0.2) is 0 Å². The van der Waals surface area contributed by atoms with Gasteiger partial charge in [-0.25, -0.2) is 4.39 Å². The van der Waals surface area contributed by atoms with Crippen LogP contribution < -0.4 is 0 Å². The molecule has 3 atom stereocenters. The Morgan fingerprint density at radius 3 is 2.66 bits per heavy atom. The molecule has 2 fully saturated rings. The number of hydrogen-bond donors (Lipinski definition) is 0. The van der Waals surface area contributed by atoms with Gasteiger partial charge in [0.2, 0.25) is 5.91 Å². The van der Waals surface area contributed by atoms with E-state index in [1.807, 2.05) is 41.3 Å². The van der Waals surface area contributed by atoms with Crippen molar-refractivity contribution in [1.82, 2.24) is 9.80 Å². The number of rotatable bonds is 6. The van der Waals surface area contributed by atoms with Crippen LogP contribution in [0.25, 0.3) is 0 Å². The van der Waals surface area contributed by atoms with Gasteiger partial charge in [0.05, 0.1) is 18.4 Å². The van der Waals surface area contributed by atoms with Crippen LogP contribution in [0.2, 0.25) is 5.02 Å². The molecular weight excluding hydrogens is 467 g/mol.